The Balaban J connectivity index is 1.35. The average molecular weight is 737 g/mol. The molecule has 0 spiro atoms. The van der Waals surface area contributed by atoms with Crippen LogP contribution in [0.2, 0.25) is 0 Å². The largest absolute Gasteiger partial charge is 0.481 e. The van der Waals surface area contributed by atoms with Crippen molar-refractivity contribution >= 4 is 47.4 Å². The molecule has 15 heteroatoms. The molecule has 3 atom stereocenters. The minimum absolute atomic E-state index is 0.0233. The lowest BCUT2D eigenvalue weighted by Gasteiger charge is -2.32. The summed E-state index contributed by atoms with van der Waals surface area (Å²) in [6.07, 6.45) is 4.77. The summed E-state index contributed by atoms with van der Waals surface area (Å²) < 4.78 is 0. The van der Waals surface area contributed by atoms with E-state index < -0.39 is 72.3 Å². The molecule has 7 amide bonds. The van der Waals surface area contributed by atoms with E-state index in [1.807, 2.05) is 19.1 Å². The van der Waals surface area contributed by atoms with Gasteiger partial charge in [0, 0.05) is 17.9 Å². The number of benzene rings is 3. The summed E-state index contributed by atoms with van der Waals surface area (Å²) in [7, 11) is 0. The first-order valence-electron chi connectivity index (χ1n) is 17.1. The molecule has 54 heavy (non-hydrogen) atoms. The molecule has 280 valence electrons. The average Bonchev–Trinajstić information content (AvgIpc) is 3.32. The van der Waals surface area contributed by atoms with Gasteiger partial charge in [-0.3, -0.25) is 24.1 Å². The van der Waals surface area contributed by atoms with Crippen LogP contribution < -0.4 is 21.3 Å². The fourth-order valence-electron chi connectivity index (χ4n) is 6.27. The van der Waals surface area contributed by atoms with Crippen LogP contribution in [-0.2, 0) is 36.1 Å². The molecule has 15 nitrogen and oxygen atoms in total. The van der Waals surface area contributed by atoms with Gasteiger partial charge in [0.2, 0.25) is 11.8 Å². The monoisotopic (exact) mass is 736 g/mol. The van der Waals surface area contributed by atoms with Gasteiger partial charge in [-0.15, -0.1) is 0 Å². The molecule has 0 bridgehead atoms. The molecule has 1 heterocycles. The second-order valence-electron chi connectivity index (χ2n) is 13.0. The number of rotatable bonds is 14. The number of carboxylic acid groups (broad SMARTS) is 2. The highest BCUT2D eigenvalue weighted by Gasteiger charge is 2.55. The molecule has 2 aliphatic rings. The Morgan fingerprint density at radius 1 is 0.815 bits per heavy atom. The first kappa shape index (κ1) is 38.5. The van der Waals surface area contributed by atoms with E-state index in [0.717, 1.165) is 18.4 Å². The predicted molar refractivity (Wildman–Crippen MR) is 195 cm³/mol. The zero-order valence-corrected chi connectivity index (χ0v) is 29.6. The summed E-state index contributed by atoms with van der Waals surface area (Å²) in [6.45, 7) is 2.55. The molecule has 1 aliphatic heterocycles. The van der Waals surface area contributed by atoms with Crippen LogP contribution in [0.3, 0.4) is 0 Å². The number of hydrogen-bond donors (Lipinski definition) is 6. The molecule has 0 saturated carbocycles. The minimum atomic E-state index is -1.74. The Morgan fingerprint density at radius 3 is 2.06 bits per heavy atom. The van der Waals surface area contributed by atoms with Gasteiger partial charge in [0.1, 0.15) is 18.1 Å². The molecule has 1 saturated heterocycles. The third-order valence-electron chi connectivity index (χ3n) is 9.19. The number of carboxylic acids is 2. The number of urea groups is 2. The SMILES string of the molecule is CC1=CCCC=C1NC(=O)Nc1ccc(C2(C)C(=O)N(CC(=O)N[C@@H](CC(=O)O)C(=O)N[C@H](C(=O)O)c3ccccc3)C(=O)N2Cc2ccccc2)cc1. The molecule has 1 fully saturated rings. The Morgan fingerprint density at radius 2 is 1.44 bits per heavy atom. The van der Waals surface area contributed by atoms with E-state index in [-0.39, 0.29) is 12.1 Å². The number of carbonyl (C=O) groups is 7. The van der Waals surface area contributed by atoms with Gasteiger partial charge in [-0.1, -0.05) is 84.9 Å². The second-order valence-corrected chi connectivity index (χ2v) is 13.0. The number of anilines is 1. The molecule has 1 aliphatic carbocycles. The number of amides is 7. The summed E-state index contributed by atoms with van der Waals surface area (Å²) in [4.78, 5) is 93.1. The standard InChI is InChI=1S/C39H40N6O9/c1-24-11-9-10-16-29(24)42-37(53)40-28-19-17-27(18-20-28)39(2)36(52)44(38(54)45(39)22-25-12-5-3-6-13-25)23-31(46)41-30(21-32(47)48)34(49)43-33(35(50)51)26-14-7-4-8-15-26/h3-8,11-20,30,33H,9-10,21-23H2,1-2H3,(H,41,46)(H,43,49)(H,47,48)(H,50,51)(H2,40,42,53)/t30-,33-,39?/m0/s1. The van der Waals surface area contributed by atoms with Gasteiger partial charge in [-0.25, -0.2) is 14.4 Å². The lowest BCUT2D eigenvalue weighted by atomic mass is 9.89. The van der Waals surface area contributed by atoms with Crippen molar-refractivity contribution in [3.05, 3.63) is 125 Å². The molecular weight excluding hydrogens is 696 g/mol. The molecule has 3 aromatic rings. The van der Waals surface area contributed by atoms with Crippen molar-refractivity contribution < 1.29 is 43.8 Å². The van der Waals surface area contributed by atoms with Crippen molar-refractivity contribution in [3.63, 3.8) is 0 Å². The van der Waals surface area contributed by atoms with Gasteiger partial charge in [-0.05, 0) is 61.1 Å². The van der Waals surface area contributed by atoms with E-state index in [1.54, 1.807) is 72.8 Å². The van der Waals surface area contributed by atoms with Crippen molar-refractivity contribution in [1.29, 1.82) is 0 Å². The molecule has 6 N–H and O–H groups in total. The van der Waals surface area contributed by atoms with Crippen LogP contribution in [-0.4, -0.2) is 74.3 Å². The van der Waals surface area contributed by atoms with E-state index in [0.29, 0.717) is 27.4 Å². The number of imide groups is 1. The topological polar surface area (TPSA) is 215 Å². The highest BCUT2D eigenvalue weighted by atomic mass is 16.4. The summed E-state index contributed by atoms with van der Waals surface area (Å²) in [5, 5.41) is 29.3. The highest BCUT2D eigenvalue weighted by Crippen LogP contribution is 2.39. The van der Waals surface area contributed by atoms with E-state index in [9.17, 15) is 43.8 Å². The maximum atomic E-state index is 14.2. The van der Waals surface area contributed by atoms with E-state index in [1.165, 1.54) is 24.0 Å². The van der Waals surface area contributed by atoms with Crippen LogP contribution in [0.1, 0.15) is 55.8 Å². The normalized spacial score (nSPS) is 17.8. The Labute approximate surface area is 310 Å². The van der Waals surface area contributed by atoms with Crippen molar-refractivity contribution in [1.82, 2.24) is 25.8 Å². The third-order valence-corrected chi connectivity index (χ3v) is 9.19. The Bertz CT molecular complexity index is 2000. The third kappa shape index (κ3) is 8.81. The zero-order chi connectivity index (χ0) is 39.0. The van der Waals surface area contributed by atoms with E-state index in [2.05, 4.69) is 21.3 Å². The number of allylic oxidation sites excluding steroid dienone is 3. The maximum absolute atomic E-state index is 14.2. The quantitative estimate of drug-likeness (QED) is 0.132. The second kappa shape index (κ2) is 16.7. The fourth-order valence-corrected chi connectivity index (χ4v) is 6.27. The van der Waals surface area contributed by atoms with Gasteiger partial charge in [-0.2, -0.15) is 0 Å². The van der Waals surface area contributed by atoms with Crippen LogP contribution in [0, 0.1) is 0 Å². The van der Waals surface area contributed by atoms with Gasteiger partial charge >= 0.3 is 24.0 Å². The number of nitrogens with one attached hydrogen (secondary N) is 4. The van der Waals surface area contributed by atoms with Crippen molar-refractivity contribution in [2.45, 2.75) is 57.3 Å². The minimum Gasteiger partial charge on any atom is -0.481 e. The molecular formula is C39H40N6O9. The highest BCUT2D eigenvalue weighted by molar-refractivity contribution is 6.09. The summed E-state index contributed by atoms with van der Waals surface area (Å²) in [5.74, 6) is -5.78. The maximum Gasteiger partial charge on any atom is 0.330 e. The van der Waals surface area contributed by atoms with Crippen LogP contribution in [0.5, 0.6) is 0 Å². The first-order valence-corrected chi connectivity index (χ1v) is 17.1. The van der Waals surface area contributed by atoms with Crippen LogP contribution in [0.4, 0.5) is 15.3 Å². The molecule has 1 unspecified atom stereocenters. The fraction of sp³-hybridized carbons (Fsp3) is 0.256. The number of carbonyl (C=O) groups excluding carboxylic acids is 5. The molecule has 0 radical (unpaired) electrons. The van der Waals surface area contributed by atoms with Crippen LogP contribution >= 0.6 is 0 Å². The zero-order valence-electron chi connectivity index (χ0n) is 29.6. The first-order chi connectivity index (χ1) is 25.8. The number of aliphatic carboxylic acids is 2. The summed E-state index contributed by atoms with van der Waals surface area (Å²) in [6, 6.07) is 18.3. The van der Waals surface area contributed by atoms with Gasteiger partial charge in [0.05, 0.1) is 6.42 Å². The van der Waals surface area contributed by atoms with E-state index in [4.69, 9.17) is 0 Å². The number of nitrogens with zero attached hydrogens (tertiary/aromatic N) is 2. The van der Waals surface area contributed by atoms with Crippen molar-refractivity contribution in [2.75, 3.05) is 11.9 Å². The molecule has 0 aromatic heterocycles. The molecule has 3 aromatic carbocycles. The smallest absolute Gasteiger partial charge is 0.330 e. The van der Waals surface area contributed by atoms with Gasteiger partial charge in [0.25, 0.3) is 5.91 Å². The lowest BCUT2D eigenvalue weighted by molar-refractivity contribution is -0.144. The van der Waals surface area contributed by atoms with Crippen molar-refractivity contribution in [2.24, 2.45) is 0 Å². The summed E-state index contributed by atoms with van der Waals surface area (Å²) in [5.41, 5.74) is 1.73. The number of hydrogen-bond acceptors (Lipinski definition) is 7. The van der Waals surface area contributed by atoms with Gasteiger partial charge in [0.15, 0.2) is 6.04 Å². The predicted octanol–water partition coefficient (Wildman–Crippen LogP) is 4.01. The van der Waals surface area contributed by atoms with Crippen LogP contribution in [0.15, 0.2) is 108 Å². The molecule has 5 rings (SSSR count). The summed E-state index contributed by atoms with van der Waals surface area (Å²) >= 11 is 0. The lowest BCUT2D eigenvalue weighted by Crippen LogP contribution is -2.52. The van der Waals surface area contributed by atoms with Crippen LogP contribution in [0.25, 0.3) is 0 Å². The van der Waals surface area contributed by atoms with E-state index >= 15 is 0 Å². The Hall–Kier alpha value is -6.77. The van der Waals surface area contributed by atoms with Crippen molar-refractivity contribution in [3.8, 4) is 0 Å². The van der Waals surface area contributed by atoms with Gasteiger partial charge < -0.3 is 36.4 Å². The Kier molecular flexibility index (Phi) is 11.9.